The van der Waals surface area contributed by atoms with Gasteiger partial charge in [-0.25, -0.2) is 9.48 Å². The molecule has 7 nitrogen and oxygen atoms in total. The summed E-state index contributed by atoms with van der Waals surface area (Å²) in [4.78, 5) is 12.0. The van der Waals surface area contributed by atoms with E-state index in [1.807, 2.05) is 39.8 Å². The Morgan fingerprint density at radius 2 is 2.04 bits per heavy atom. The maximum atomic E-state index is 12.0. The molecule has 0 bridgehead atoms. The van der Waals surface area contributed by atoms with Crippen LogP contribution in [0.15, 0.2) is 36.5 Å². The van der Waals surface area contributed by atoms with Crippen molar-refractivity contribution in [2.45, 2.75) is 45.9 Å². The Balaban J connectivity index is 1.90. The minimum atomic E-state index is -0.823. The van der Waals surface area contributed by atoms with Gasteiger partial charge in [-0.15, -0.1) is 0 Å². The number of anilines is 1. The third-order valence-electron chi connectivity index (χ3n) is 3.47. The molecule has 3 N–H and O–H groups in total. The number of urea groups is 1. The summed E-state index contributed by atoms with van der Waals surface area (Å²) in [5.74, 6) is 1.30. The lowest BCUT2D eigenvalue weighted by molar-refractivity contribution is 0.174. The molecule has 0 saturated heterocycles. The molecule has 1 heterocycles. The van der Waals surface area contributed by atoms with Gasteiger partial charge in [0.05, 0.1) is 18.4 Å². The largest absolute Gasteiger partial charge is 0.491 e. The normalized spacial score (nSPS) is 12.3. The summed E-state index contributed by atoms with van der Waals surface area (Å²) in [6, 6.07) is 8.70. The van der Waals surface area contributed by atoms with Crippen LogP contribution in [0.3, 0.4) is 0 Å². The number of hydrogen-bond acceptors (Lipinski definition) is 4. The topological polar surface area (TPSA) is 88.4 Å². The van der Waals surface area contributed by atoms with Crippen LogP contribution in [0.2, 0.25) is 0 Å². The third kappa shape index (κ3) is 5.49. The van der Waals surface area contributed by atoms with Crippen LogP contribution in [0.25, 0.3) is 0 Å². The lowest BCUT2D eigenvalue weighted by Crippen LogP contribution is -2.33. The van der Waals surface area contributed by atoms with Crippen molar-refractivity contribution in [3.8, 4) is 5.75 Å². The van der Waals surface area contributed by atoms with Crippen molar-refractivity contribution in [3.05, 3.63) is 42.1 Å². The number of nitrogens with zero attached hydrogens (tertiary/aromatic N) is 2. The molecule has 1 unspecified atom stereocenters. The van der Waals surface area contributed by atoms with Gasteiger partial charge in [-0.1, -0.05) is 12.1 Å². The van der Waals surface area contributed by atoms with E-state index in [1.165, 1.54) is 0 Å². The first-order chi connectivity index (χ1) is 11.9. The second kappa shape index (κ2) is 8.53. The van der Waals surface area contributed by atoms with Crippen LogP contribution in [0, 0.1) is 0 Å². The number of amides is 2. The number of rotatable bonds is 7. The summed E-state index contributed by atoms with van der Waals surface area (Å²) in [5, 5.41) is 19.8. The molecule has 1 aromatic carbocycles. The van der Waals surface area contributed by atoms with Gasteiger partial charge in [0.2, 0.25) is 0 Å². The number of aliphatic hydroxyl groups excluding tert-OH is 1. The number of nitrogens with one attached hydrogen (secondary N) is 2. The second-order valence-electron chi connectivity index (χ2n) is 6.34. The van der Waals surface area contributed by atoms with Crippen LogP contribution in [0.4, 0.5) is 10.6 Å². The van der Waals surface area contributed by atoms with Crippen molar-refractivity contribution < 1.29 is 14.6 Å². The van der Waals surface area contributed by atoms with E-state index in [4.69, 9.17) is 4.74 Å². The molecule has 0 spiro atoms. The van der Waals surface area contributed by atoms with E-state index in [0.717, 1.165) is 0 Å². The zero-order valence-corrected chi connectivity index (χ0v) is 15.1. The highest BCUT2D eigenvalue weighted by atomic mass is 16.5. The monoisotopic (exact) mass is 346 g/mol. The molecule has 0 fully saturated rings. The number of carbonyl (C=O) groups is 1. The van der Waals surface area contributed by atoms with E-state index in [2.05, 4.69) is 15.7 Å². The Labute approximate surface area is 148 Å². The van der Waals surface area contributed by atoms with E-state index < -0.39 is 12.1 Å². The van der Waals surface area contributed by atoms with Crippen LogP contribution < -0.4 is 15.4 Å². The molecule has 2 rings (SSSR count). The van der Waals surface area contributed by atoms with Crippen LogP contribution >= 0.6 is 0 Å². The zero-order chi connectivity index (χ0) is 18.4. The van der Waals surface area contributed by atoms with Crippen LogP contribution in [-0.2, 0) is 0 Å². The van der Waals surface area contributed by atoms with E-state index in [9.17, 15) is 9.90 Å². The highest BCUT2D eigenvalue weighted by Gasteiger charge is 2.13. The van der Waals surface area contributed by atoms with Gasteiger partial charge in [-0.3, -0.25) is 5.32 Å². The van der Waals surface area contributed by atoms with Gasteiger partial charge >= 0.3 is 6.03 Å². The predicted octanol–water partition coefficient (Wildman–Crippen LogP) is 3.11. The van der Waals surface area contributed by atoms with E-state index >= 15 is 0 Å². The van der Waals surface area contributed by atoms with Gasteiger partial charge in [0, 0.05) is 18.7 Å². The first kappa shape index (κ1) is 18.8. The Kier molecular flexibility index (Phi) is 6.41. The molecular weight excluding hydrogens is 320 g/mol. The fourth-order valence-electron chi connectivity index (χ4n) is 2.36. The van der Waals surface area contributed by atoms with E-state index in [0.29, 0.717) is 17.1 Å². The fourth-order valence-corrected chi connectivity index (χ4v) is 2.36. The molecule has 1 aromatic heterocycles. The summed E-state index contributed by atoms with van der Waals surface area (Å²) in [6.45, 7) is 7.93. The smallest absolute Gasteiger partial charge is 0.320 e. The number of ether oxygens (including phenoxy) is 1. The van der Waals surface area contributed by atoms with Gasteiger partial charge in [-0.05, 0) is 45.4 Å². The Hall–Kier alpha value is -2.54. The minimum Gasteiger partial charge on any atom is -0.491 e. The van der Waals surface area contributed by atoms with Crippen molar-refractivity contribution >= 4 is 11.8 Å². The van der Waals surface area contributed by atoms with Gasteiger partial charge in [0.1, 0.15) is 11.6 Å². The van der Waals surface area contributed by atoms with Crippen molar-refractivity contribution in [1.82, 2.24) is 15.1 Å². The molecule has 0 aliphatic heterocycles. The number of benzene rings is 1. The molecule has 7 heteroatoms. The van der Waals surface area contributed by atoms with Gasteiger partial charge in [-0.2, -0.15) is 5.10 Å². The Bertz CT molecular complexity index is 697. The molecule has 0 radical (unpaired) electrons. The molecule has 2 amide bonds. The lowest BCUT2D eigenvalue weighted by atomic mass is 10.1. The van der Waals surface area contributed by atoms with Crippen LogP contribution in [-0.4, -0.2) is 33.6 Å². The van der Waals surface area contributed by atoms with E-state index in [1.54, 1.807) is 29.1 Å². The first-order valence-corrected chi connectivity index (χ1v) is 8.40. The summed E-state index contributed by atoms with van der Waals surface area (Å²) in [7, 11) is 0. The second-order valence-corrected chi connectivity index (χ2v) is 6.34. The maximum absolute atomic E-state index is 12.0. The highest BCUT2D eigenvalue weighted by Crippen LogP contribution is 2.20. The molecule has 2 aromatic rings. The van der Waals surface area contributed by atoms with Gasteiger partial charge < -0.3 is 15.2 Å². The standard InChI is InChI=1S/C18H26N4O3/c1-12(2)22-17(8-9-20-22)21-18(24)19-11-16(23)14-6-5-7-15(10-14)25-13(3)4/h5-10,12-13,16,23H,11H2,1-4H3,(H2,19,21,24). The molecule has 0 aliphatic carbocycles. The summed E-state index contributed by atoms with van der Waals surface area (Å²) in [6.07, 6.45) is 0.864. The average Bonchev–Trinajstić information content (AvgIpc) is 3.00. The average molecular weight is 346 g/mol. The van der Waals surface area contributed by atoms with Crippen molar-refractivity contribution in [2.24, 2.45) is 0 Å². The predicted molar refractivity (Wildman–Crippen MR) is 96.8 cm³/mol. The quantitative estimate of drug-likeness (QED) is 0.719. The zero-order valence-electron chi connectivity index (χ0n) is 15.1. The molecule has 25 heavy (non-hydrogen) atoms. The summed E-state index contributed by atoms with van der Waals surface area (Å²) >= 11 is 0. The number of aromatic nitrogens is 2. The van der Waals surface area contributed by atoms with Gasteiger partial charge in [0.15, 0.2) is 0 Å². The van der Waals surface area contributed by atoms with E-state index in [-0.39, 0.29) is 18.7 Å². The van der Waals surface area contributed by atoms with Crippen molar-refractivity contribution in [1.29, 1.82) is 0 Å². The molecule has 0 saturated carbocycles. The molecular formula is C18H26N4O3. The highest BCUT2D eigenvalue weighted by molar-refractivity contribution is 5.88. The lowest BCUT2D eigenvalue weighted by Gasteiger charge is -2.16. The maximum Gasteiger partial charge on any atom is 0.320 e. The summed E-state index contributed by atoms with van der Waals surface area (Å²) < 4.78 is 7.33. The molecule has 0 aliphatic rings. The van der Waals surface area contributed by atoms with Crippen LogP contribution in [0.5, 0.6) is 5.75 Å². The Morgan fingerprint density at radius 1 is 1.28 bits per heavy atom. The number of carbonyl (C=O) groups excluding carboxylic acids is 1. The van der Waals surface area contributed by atoms with Crippen molar-refractivity contribution in [3.63, 3.8) is 0 Å². The number of hydrogen-bond donors (Lipinski definition) is 3. The van der Waals surface area contributed by atoms with Crippen LogP contribution in [0.1, 0.15) is 45.4 Å². The number of aliphatic hydroxyl groups is 1. The molecule has 1 atom stereocenters. The van der Waals surface area contributed by atoms with Crippen molar-refractivity contribution in [2.75, 3.05) is 11.9 Å². The third-order valence-corrected chi connectivity index (χ3v) is 3.47. The minimum absolute atomic E-state index is 0.0575. The fraction of sp³-hybridized carbons (Fsp3) is 0.444. The SMILES string of the molecule is CC(C)Oc1cccc(C(O)CNC(=O)Nc2ccnn2C(C)C)c1. The first-order valence-electron chi connectivity index (χ1n) is 8.40. The Morgan fingerprint density at radius 3 is 2.72 bits per heavy atom. The van der Waals surface area contributed by atoms with Gasteiger partial charge in [0.25, 0.3) is 0 Å². The molecule has 136 valence electrons. The summed E-state index contributed by atoms with van der Waals surface area (Å²) in [5.41, 5.74) is 0.686.